The van der Waals surface area contributed by atoms with Gasteiger partial charge in [-0.2, -0.15) is 0 Å². The fourth-order valence-electron chi connectivity index (χ4n) is 0.870. The molecule has 0 aliphatic heterocycles. The number of pyridine rings is 1. The first-order chi connectivity index (χ1) is 4.88. The number of nitrogens with zero attached hydrogens (tertiary/aromatic N) is 1. The van der Waals surface area contributed by atoms with Crippen LogP contribution < -0.4 is 0 Å². The standard InChI is InChI=1S/C6H5N3S/c10-6-5-4(8-9-6)2-1-3-7-5/h1-3H,(H2,8,9,10). The Bertz CT molecular complexity index is 400. The van der Waals surface area contributed by atoms with Gasteiger partial charge in [-0.1, -0.05) is 12.2 Å². The summed E-state index contributed by atoms with van der Waals surface area (Å²) >= 11 is 4.94. The molecule has 2 heterocycles. The molecule has 0 radical (unpaired) electrons. The number of fused-ring (bicyclic) bond motifs is 1. The normalized spacial score (nSPS) is 10.4. The number of hydrogen-bond donors (Lipinski definition) is 2. The summed E-state index contributed by atoms with van der Waals surface area (Å²) in [5.74, 6) is 0. The van der Waals surface area contributed by atoms with Crippen molar-refractivity contribution < 1.29 is 0 Å². The molecule has 0 amide bonds. The summed E-state index contributed by atoms with van der Waals surface area (Å²) in [7, 11) is 0. The van der Waals surface area contributed by atoms with Crippen LogP contribution in [-0.2, 0) is 0 Å². The zero-order valence-corrected chi connectivity index (χ0v) is 5.90. The molecule has 0 aromatic carbocycles. The van der Waals surface area contributed by atoms with Gasteiger partial charge in [-0.05, 0) is 12.1 Å². The molecule has 2 N–H and O–H groups in total. The van der Waals surface area contributed by atoms with Crippen LogP contribution in [0.5, 0.6) is 0 Å². The largest absolute Gasteiger partial charge is 0.298 e. The second-order valence-electron chi connectivity index (χ2n) is 1.98. The lowest BCUT2D eigenvalue weighted by Gasteiger charge is -1.81. The fourth-order valence-corrected chi connectivity index (χ4v) is 1.08. The van der Waals surface area contributed by atoms with E-state index in [2.05, 4.69) is 15.2 Å². The lowest BCUT2D eigenvalue weighted by Crippen LogP contribution is -1.70. The third-order valence-electron chi connectivity index (χ3n) is 1.33. The van der Waals surface area contributed by atoms with Crippen LogP contribution >= 0.6 is 12.2 Å². The highest BCUT2D eigenvalue weighted by Crippen LogP contribution is 2.06. The predicted octanol–water partition coefficient (Wildman–Crippen LogP) is 1.62. The Labute approximate surface area is 62.1 Å². The van der Waals surface area contributed by atoms with Crippen LogP contribution in [0.2, 0.25) is 0 Å². The van der Waals surface area contributed by atoms with Crippen LogP contribution in [0.4, 0.5) is 0 Å². The molecule has 0 bridgehead atoms. The fraction of sp³-hybridized carbons (Fsp3) is 0. The van der Waals surface area contributed by atoms with Gasteiger partial charge in [0, 0.05) is 6.20 Å². The van der Waals surface area contributed by atoms with E-state index in [9.17, 15) is 0 Å². The maximum atomic E-state index is 4.94. The van der Waals surface area contributed by atoms with Gasteiger partial charge in [0.05, 0.1) is 5.52 Å². The maximum absolute atomic E-state index is 4.94. The molecule has 0 saturated carbocycles. The highest BCUT2D eigenvalue weighted by molar-refractivity contribution is 7.71. The minimum absolute atomic E-state index is 0.663. The first-order valence-corrected chi connectivity index (χ1v) is 3.30. The van der Waals surface area contributed by atoms with Gasteiger partial charge in [0.2, 0.25) is 0 Å². The second-order valence-corrected chi connectivity index (χ2v) is 2.39. The van der Waals surface area contributed by atoms with E-state index in [1.54, 1.807) is 6.20 Å². The van der Waals surface area contributed by atoms with E-state index < -0.39 is 0 Å². The van der Waals surface area contributed by atoms with Crippen molar-refractivity contribution in [3.63, 3.8) is 0 Å². The molecule has 4 heteroatoms. The topological polar surface area (TPSA) is 44.5 Å². The summed E-state index contributed by atoms with van der Waals surface area (Å²) in [6.45, 7) is 0. The quantitative estimate of drug-likeness (QED) is 0.562. The maximum Gasteiger partial charge on any atom is 0.145 e. The van der Waals surface area contributed by atoms with E-state index in [1.165, 1.54) is 0 Å². The molecule has 0 atom stereocenters. The molecular formula is C6H5N3S. The molecule has 2 aromatic heterocycles. The third-order valence-corrected chi connectivity index (χ3v) is 1.63. The molecule has 0 aliphatic carbocycles. The van der Waals surface area contributed by atoms with Gasteiger partial charge in [-0.3, -0.25) is 15.2 Å². The summed E-state index contributed by atoms with van der Waals surface area (Å²) in [5.41, 5.74) is 1.78. The smallest absolute Gasteiger partial charge is 0.145 e. The molecule has 10 heavy (non-hydrogen) atoms. The molecule has 0 saturated heterocycles. The number of hydrogen-bond acceptors (Lipinski definition) is 2. The van der Waals surface area contributed by atoms with Crippen molar-refractivity contribution in [3.8, 4) is 0 Å². The lowest BCUT2D eigenvalue weighted by atomic mass is 10.4. The van der Waals surface area contributed by atoms with Gasteiger partial charge in [0.25, 0.3) is 0 Å². The van der Waals surface area contributed by atoms with Gasteiger partial charge in [-0.15, -0.1) is 0 Å². The molecule has 0 unspecified atom stereocenters. The van der Waals surface area contributed by atoms with Gasteiger partial charge in [-0.25, -0.2) is 0 Å². The van der Waals surface area contributed by atoms with Crippen molar-refractivity contribution >= 4 is 23.3 Å². The monoisotopic (exact) mass is 151 g/mol. The summed E-state index contributed by atoms with van der Waals surface area (Å²) in [6.07, 6.45) is 1.72. The van der Waals surface area contributed by atoms with Crippen molar-refractivity contribution in [2.75, 3.05) is 0 Å². The van der Waals surface area contributed by atoms with Gasteiger partial charge in [0.1, 0.15) is 10.2 Å². The average molecular weight is 151 g/mol. The molecule has 0 fully saturated rings. The van der Waals surface area contributed by atoms with Crippen LogP contribution in [0.1, 0.15) is 0 Å². The van der Waals surface area contributed by atoms with E-state index in [0.717, 1.165) is 11.0 Å². The molecular weight excluding hydrogens is 146 g/mol. The Morgan fingerprint density at radius 3 is 3.10 bits per heavy atom. The SMILES string of the molecule is S=c1[nH][nH]c2cccnc12. The van der Waals surface area contributed by atoms with Gasteiger partial charge >= 0.3 is 0 Å². The molecule has 2 rings (SSSR count). The van der Waals surface area contributed by atoms with E-state index in [4.69, 9.17) is 12.2 Å². The van der Waals surface area contributed by atoms with Crippen LogP contribution in [0.15, 0.2) is 18.3 Å². The van der Waals surface area contributed by atoms with Crippen molar-refractivity contribution in [1.82, 2.24) is 15.2 Å². The second kappa shape index (κ2) is 1.91. The van der Waals surface area contributed by atoms with Crippen molar-refractivity contribution in [2.45, 2.75) is 0 Å². The number of nitrogens with one attached hydrogen (secondary N) is 2. The first kappa shape index (κ1) is 5.61. The van der Waals surface area contributed by atoms with E-state index in [-0.39, 0.29) is 0 Å². The van der Waals surface area contributed by atoms with Gasteiger partial charge < -0.3 is 0 Å². The summed E-state index contributed by atoms with van der Waals surface area (Å²) in [5, 5.41) is 5.70. The average Bonchev–Trinajstić information content (AvgIpc) is 2.34. The predicted molar refractivity (Wildman–Crippen MR) is 41.3 cm³/mol. The number of H-pyrrole nitrogens is 2. The lowest BCUT2D eigenvalue weighted by molar-refractivity contribution is 1.11. The zero-order valence-electron chi connectivity index (χ0n) is 5.09. The number of aromatic nitrogens is 3. The van der Waals surface area contributed by atoms with Crippen LogP contribution in [-0.4, -0.2) is 15.2 Å². The third kappa shape index (κ3) is 0.657. The molecule has 2 aromatic rings. The Hall–Kier alpha value is -1.16. The highest BCUT2D eigenvalue weighted by Gasteiger charge is 1.93. The van der Waals surface area contributed by atoms with Crippen molar-refractivity contribution in [3.05, 3.63) is 23.0 Å². The number of aromatic amines is 2. The molecule has 0 spiro atoms. The van der Waals surface area contributed by atoms with Crippen LogP contribution in [0.3, 0.4) is 0 Å². The highest BCUT2D eigenvalue weighted by atomic mass is 32.1. The van der Waals surface area contributed by atoms with E-state index in [0.29, 0.717) is 4.64 Å². The Kier molecular flexibility index (Phi) is 1.07. The summed E-state index contributed by atoms with van der Waals surface area (Å²) in [4.78, 5) is 4.07. The zero-order chi connectivity index (χ0) is 6.97. The molecule has 50 valence electrons. The molecule has 3 nitrogen and oxygen atoms in total. The Morgan fingerprint density at radius 1 is 1.40 bits per heavy atom. The first-order valence-electron chi connectivity index (χ1n) is 2.89. The Morgan fingerprint density at radius 2 is 2.30 bits per heavy atom. The van der Waals surface area contributed by atoms with Crippen LogP contribution in [0.25, 0.3) is 11.0 Å². The van der Waals surface area contributed by atoms with Crippen molar-refractivity contribution in [1.29, 1.82) is 0 Å². The minimum atomic E-state index is 0.663. The van der Waals surface area contributed by atoms with Crippen molar-refractivity contribution in [2.24, 2.45) is 0 Å². The van der Waals surface area contributed by atoms with Crippen LogP contribution in [0, 0.1) is 4.64 Å². The van der Waals surface area contributed by atoms with Gasteiger partial charge in [0.15, 0.2) is 0 Å². The van der Waals surface area contributed by atoms with E-state index in [1.807, 2.05) is 12.1 Å². The minimum Gasteiger partial charge on any atom is -0.298 e. The number of rotatable bonds is 0. The molecule has 0 aliphatic rings. The summed E-state index contributed by atoms with van der Waals surface area (Å²) in [6, 6.07) is 3.79. The van der Waals surface area contributed by atoms with E-state index >= 15 is 0 Å². The summed E-state index contributed by atoms with van der Waals surface area (Å²) < 4.78 is 0.663. The Balaban J connectivity index is 3.07.